The van der Waals surface area contributed by atoms with Gasteiger partial charge in [-0.2, -0.15) is 0 Å². The van der Waals surface area contributed by atoms with E-state index in [1.807, 2.05) is 0 Å². The van der Waals surface area contributed by atoms with Crippen LogP contribution in [0, 0.1) is 23.7 Å². The highest BCUT2D eigenvalue weighted by molar-refractivity contribution is 5.99. The maximum Gasteiger partial charge on any atom is 0.0726 e. The number of hydrogen-bond donors (Lipinski definition) is 0. The van der Waals surface area contributed by atoms with E-state index in [1.165, 1.54) is 138 Å². The minimum atomic E-state index is -0.613. The van der Waals surface area contributed by atoms with Gasteiger partial charge in [-0.1, -0.05) is 200 Å². The number of hydrogen-bond acceptors (Lipinski definition) is 1. The third kappa shape index (κ3) is 6.25. The first-order valence-corrected chi connectivity index (χ1v) is 28.6. The normalized spacial score (nSPS) is 20.7. The Balaban J connectivity index is 0.883. The van der Waals surface area contributed by atoms with Crippen LogP contribution < -0.4 is 4.90 Å². The minimum absolute atomic E-state index is 0.119. The van der Waals surface area contributed by atoms with Gasteiger partial charge in [0.1, 0.15) is 0 Å². The van der Waals surface area contributed by atoms with Crippen LogP contribution in [0.25, 0.3) is 77.9 Å². The zero-order chi connectivity index (χ0) is 51.1. The quantitative estimate of drug-likeness (QED) is 0.154. The van der Waals surface area contributed by atoms with Crippen molar-refractivity contribution in [3.8, 4) is 77.9 Å². The summed E-state index contributed by atoms with van der Waals surface area (Å²) < 4.78 is 0. The molecule has 0 saturated heterocycles. The van der Waals surface area contributed by atoms with Gasteiger partial charge < -0.3 is 4.90 Å². The van der Waals surface area contributed by atoms with Crippen LogP contribution >= 0.6 is 0 Å². The largest absolute Gasteiger partial charge is 0.310 e. The highest BCUT2D eigenvalue weighted by Crippen LogP contribution is 2.70. The first-order valence-electron chi connectivity index (χ1n) is 28.6. The summed E-state index contributed by atoms with van der Waals surface area (Å²) in [6.07, 6.45) is 6.99. The molecule has 4 saturated carbocycles. The number of anilines is 3. The fourth-order valence-electron chi connectivity index (χ4n) is 17.0. The molecule has 7 aliphatic rings. The summed E-state index contributed by atoms with van der Waals surface area (Å²) in [5, 5.41) is 0. The lowest BCUT2D eigenvalue weighted by atomic mass is 9.43. The predicted molar refractivity (Wildman–Crippen MR) is 322 cm³/mol. The smallest absolute Gasteiger partial charge is 0.0726 e. The molecule has 370 valence electrons. The van der Waals surface area contributed by atoms with Gasteiger partial charge in [0.25, 0.3) is 0 Å². The topological polar surface area (TPSA) is 3.24 Å². The van der Waals surface area contributed by atoms with E-state index in [1.54, 1.807) is 11.1 Å². The van der Waals surface area contributed by atoms with E-state index in [0.29, 0.717) is 0 Å². The monoisotopic (exact) mass is 995 g/mol. The van der Waals surface area contributed by atoms with Gasteiger partial charge in [-0.15, -0.1) is 0 Å². The fraction of sp³-hybridized carbons (Fsp3) is 0.143. The van der Waals surface area contributed by atoms with E-state index < -0.39 is 5.41 Å². The zero-order valence-corrected chi connectivity index (χ0v) is 43.6. The SMILES string of the molecule is c1ccc(-c2cccc(-c3ccc4c(c3)C3(c5ccccc5-c5ccc(N(c6ccccc6)c6ccc7c(c6)-c6ccccc6C76C7CC8CC(C7)CC6C8)cc53)c3cc(-c5cccc(-c6ccccc6)c5)ccc3-4)c2)cc1. The van der Waals surface area contributed by atoms with E-state index in [9.17, 15) is 0 Å². The lowest BCUT2D eigenvalue weighted by Gasteiger charge is -2.61. The molecule has 1 nitrogen and oxygen atoms in total. The Hall–Kier alpha value is -8.78. The summed E-state index contributed by atoms with van der Waals surface area (Å²) in [7, 11) is 0. The molecule has 0 aromatic heterocycles. The Morgan fingerprint density at radius 1 is 0.244 bits per heavy atom. The number of rotatable bonds is 7. The highest BCUT2D eigenvalue weighted by Gasteiger charge is 2.61. The van der Waals surface area contributed by atoms with Crippen molar-refractivity contribution in [1.29, 1.82) is 0 Å². The molecule has 78 heavy (non-hydrogen) atoms. The molecule has 4 fully saturated rings. The molecule has 0 radical (unpaired) electrons. The van der Waals surface area contributed by atoms with E-state index >= 15 is 0 Å². The maximum absolute atomic E-state index is 2.58. The van der Waals surface area contributed by atoms with Crippen molar-refractivity contribution in [2.75, 3.05) is 4.90 Å². The second-order valence-corrected chi connectivity index (χ2v) is 23.6. The minimum Gasteiger partial charge on any atom is -0.310 e. The van der Waals surface area contributed by atoms with Crippen molar-refractivity contribution in [1.82, 2.24) is 0 Å². The fourth-order valence-corrected chi connectivity index (χ4v) is 17.0. The van der Waals surface area contributed by atoms with E-state index in [4.69, 9.17) is 0 Å². The Morgan fingerprint density at radius 3 is 1.22 bits per heavy atom. The molecule has 0 aliphatic heterocycles. The van der Waals surface area contributed by atoms with Crippen molar-refractivity contribution in [2.45, 2.75) is 42.9 Å². The third-order valence-corrected chi connectivity index (χ3v) is 19.8. The molecule has 18 rings (SSSR count). The summed E-state index contributed by atoms with van der Waals surface area (Å²) >= 11 is 0. The van der Waals surface area contributed by atoms with E-state index in [-0.39, 0.29) is 5.41 Å². The zero-order valence-electron chi connectivity index (χ0n) is 43.6. The predicted octanol–water partition coefficient (Wildman–Crippen LogP) is 19.9. The first kappa shape index (κ1) is 44.4. The molecule has 0 atom stereocenters. The van der Waals surface area contributed by atoms with Crippen molar-refractivity contribution in [2.24, 2.45) is 23.7 Å². The molecular formula is C77H57N. The summed E-state index contributed by atoms with van der Waals surface area (Å²) in [4.78, 5) is 2.55. The van der Waals surface area contributed by atoms with Gasteiger partial charge in [0, 0.05) is 22.5 Å². The van der Waals surface area contributed by atoms with Gasteiger partial charge in [-0.25, -0.2) is 0 Å². The number of fused-ring (bicyclic) bond motifs is 13. The van der Waals surface area contributed by atoms with Crippen LogP contribution in [0.4, 0.5) is 17.1 Å². The Morgan fingerprint density at radius 2 is 0.641 bits per heavy atom. The van der Waals surface area contributed by atoms with E-state index in [0.717, 1.165) is 35.0 Å². The van der Waals surface area contributed by atoms with Crippen LogP contribution in [0.5, 0.6) is 0 Å². The van der Waals surface area contributed by atoms with Crippen LogP contribution in [0.3, 0.4) is 0 Å². The average molecular weight is 996 g/mol. The van der Waals surface area contributed by atoms with Crippen LogP contribution in [0.2, 0.25) is 0 Å². The molecule has 11 aromatic rings. The van der Waals surface area contributed by atoms with Crippen molar-refractivity contribution < 1.29 is 0 Å². The number of para-hydroxylation sites is 1. The maximum atomic E-state index is 2.58. The first-order chi connectivity index (χ1) is 38.6. The lowest BCUT2D eigenvalue weighted by molar-refractivity contribution is -0.0399. The van der Waals surface area contributed by atoms with Crippen LogP contribution in [-0.2, 0) is 10.8 Å². The molecule has 11 aromatic carbocycles. The Labute approximate surface area is 458 Å². The van der Waals surface area contributed by atoms with Gasteiger partial charge in [0.2, 0.25) is 0 Å². The summed E-state index contributed by atoms with van der Waals surface area (Å²) in [5.41, 5.74) is 29.4. The van der Waals surface area contributed by atoms with Gasteiger partial charge in [-0.05, 0) is 228 Å². The van der Waals surface area contributed by atoms with Crippen LogP contribution in [-0.4, -0.2) is 0 Å². The van der Waals surface area contributed by atoms with Gasteiger partial charge in [0.15, 0.2) is 0 Å². The van der Waals surface area contributed by atoms with Gasteiger partial charge in [-0.3, -0.25) is 0 Å². The molecule has 1 heteroatoms. The number of benzene rings is 11. The molecular weight excluding hydrogens is 939 g/mol. The summed E-state index contributed by atoms with van der Waals surface area (Å²) in [6.45, 7) is 0. The van der Waals surface area contributed by atoms with Crippen molar-refractivity contribution in [3.63, 3.8) is 0 Å². The summed E-state index contributed by atoms with van der Waals surface area (Å²) in [6, 6.07) is 99.5. The molecule has 7 aliphatic carbocycles. The number of nitrogens with zero attached hydrogens (tertiary/aromatic N) is 1. The van der Waals surface area contributed by atoms with Crippen LogP contribution in [0.15, 0.2) is 261 Å². The second-order valence-electron chi connectivity index (χ2n) is 23.6. The molecule has 0 heterocycles. The van der Waals surface area contributed by atoms with Crippen molar-refractivity contribution >= 4 is 17.1 Å². The standard InChI is InChI=1S/C77H57N/c1-4-16-51(17-5-1)53-20-14-22-55(43-53)57-30-34-66-67-35-31-58(56-23-15-21-54(44-56)52-18-6-2-7-19-52)46-74(67)77(73(66)45-57)71-29-13-10-26-64(71)68-36-32-63(48-75(68)77)78(61-24-8-3-9-25-61)62-33-37-72-69(47-62)65-27-11-12-28-70(65)76(72)59-39-49-38-50(41-59)42-60(76)40-49/h1-37,43-50,59-60H,38-42H2. The summed E-state index contributed by atoms with van der Waals surface area (Å²) in [5.74, 6) is 3.26. The molecule has 0 amide bonds. The Bertz CT molecular complexity index is 4060. The molecule has 4 bridgehead atoms. The van der Waals surface area contributed by atoms with E-state index in [2.05, 4.69) is 266 Å². The van der Waals surface area contributed by atoms with Gasteiger partial charge >= 0.3 is 0 Å². The Kier molecular flexibility index (Phi) is 9.59. The van der Waals surface area contributed by atoms with Crippen molar-refractivity contribution in [3.05, 3.63) is 294 Å². The molecule has 0 unspecified atom stereocenters. The van der Waals surface area contributed by atoms with Gasteiger partial charge in [0.05, 0.1) is 5.41 Å². The van der Waals surface area contributed by atoms with Crippen LogP contribution in [0.1, 0.15) is 65.5 Å². The second kappa shape index (κ2) is 16.9. The molecule has 0 N–H and O–H groups in total. The lowest BCUT2D eigenvalue weighted by Crippen LogP contribution is -2.55. The third-order valence-electron chi connectivity index (χ3n) is 19.8. The molecule has 2 spiro atoms. The average Bonchev–Trinajstić information content (AvgIpc) is 4.15. The highest BCUT2D eigenvalue weighted by atomic mass is 15.1.